The third kappa shape index (κ3) is 2.68. The first kappa shape index (κ1) is 11.7. The van der Waals surface area contributed by atoms with Crippen molar-refractivity contribution in [3.8, 4) is 0 Å². The highest BCUT2D eigenvalue weighted by Crippen LogP contribution is 2.01. The van der Waals surface area contributed by atoms with Gasteiger partial charge in [-0.3, -0.25) is 9.36 Å². The summed E-state index contributed by atoms with van der Waals surface area (Å²) in [5, 5.41) is 19.3. The maximum absolute atomic E-state index is 4.08. The van der Waals surface area contributed by atoms with Gasteiger partial charge in [0.25, 0.3) is 0 Å². The highest BCUT2D eigenvalue weighted by Gasteiger charge is 2.05. The fraction of sp³-hybridized carbons (Fsp3) is 0.600. The van der Waals surface area contributed by atoms with Crippen molar-refractivity contribution in [1.29, 1.82) is 0 Å². The predicted octanol–water partition coefficient (Wildman–Crippen LogP) is 0.0247. The molecule has 7 heteroatoms. The molecule has 2 aromatic heterocycles. The summed E-state index contributed by atoms with van der Waals surface area (Å²) >= 11 is 0. The molecule has 0 atom stereocenters. The number of aromatic nitrogens is 6. The standard InChI is InChI=1S/C10H17N7/c1-4-17-7-9(12-15-17)5-11-6-10-8(2)16(3)14-13-10/h7,11H,4-6H2,1-3H3. The van der Waals surface area contributed by atoms with Crippen molar-refractivity contribution in [1.82, 2.24) is 35.3 Å². The van der Waals surface area contributed by atoms with Crippen LogP contribution in [0.1, 0.15) is 24.0 Å². The zero-order valence-corrected chi connectivity index (χ0v) is 10.4. The van der Waals surface area contributed by atoms with E-state index in [9.17, 15) is 0 Å². The third-order valence-corrected chi connectivity index (χ3v) is 2.71. The first-order valence-electron chi connectivity index (χ1n) is 5.65. The van der Waals surface area contributed by atoms with Crippen molar-refractivity contribution in [3.63, 3.8) is 0 Å². The van der Waals surface area contributed by atoms with Gasteiger partial charge in [-0.05, 0) is 13.8 Å². The Labute approximate surface area is 99.8 Å². The lowest BCUT2D eigenvalue weighted by atomic mass is 10.3. The lowest BCUT2D eigenvalue weighted by Crippen LogP contribution is -2.14. The molecule has 0 saturated carbocycles. The van der Waals surface area contributed by atoms with Gasteiger partial charge in [-0.25, -0.2) is 0 Å². The quantitative estimate of drug-likeness (QED) is 0.791. The summed E-state index contributed by atoms with van der Waals surface area (Å²) in [4.78, 5) is 0. The Hall–Kier alpha value is -1.76. The lowest BCUT2D eigenvalue weighted by Gasteiger charge is -2.00. The molecule has 0 amide bonds. The summed E-state index contributed by atoms with van der Waals surface area (Å²) in [7, 11) is 1.89. The zero-order chi connectivity index (χ0) is 12.3. The molecule has 92 valence electrons. The van der Waals surface area contributed by atoms with Crippen molar-refractivity contribution < 1.29 is 0 Å². The molecule has 0 bridgehead atoms. The van der Waals surface area contributed by atoms with Crippen molar-refractivity contribution in [2.24, 2.45) is 7.05 Å². The van der Waals surface area contributed by atoms with Crippen LogP contribution >= 0.6 is 0 Å². The molecule has 1 N–H and O–H groups in total. The van der Waals surface area contributed by atoms with E-state index in [2.05, 4.69) is 25.9 Å². The van der Waals surface area contributed by atoms with E-state index < -0.39 is 0 Å². The van der Waals surface area contributed by atoms with Crippen LogP contribution in [-0.4, -0.2) is 30.0 Å². The van der Waals surface area contributed by atoms with Crippen LogP contribution in [0.3, 0.4) is 0 Å². The summed E-state index contributed by atoms with van der Waals surface area (Å²) in [6, 6.07) is 0. The van der Waals surface area contributed by atoms with E-state index in [0.717, 1.165) is 23.6 Å². The minimum absolute atomic E-state index is 0.690. The van der Waals surface area contributed by atoms with Crippen LogP contribution in [0.15, 0.2) is 6.20 Å². The minimum Gasteiger partial charge on any atom is -0.305 e. The van der Waals surface area contributed by atoms with E-state index in [-0.39, 0.29) is 0 Å². The second-order valence-corrected chi connectivity index (χ2v) is 3.91. The molecule has 0 aliphatic rings. The van der Waals surface area contributed by atoms with Crippen LogP contribution in [0.4, 0.5) is 0 Å². The normalized spacial score (nSPS) is 11.0. The molecule has 0 radical (unpaired) electrons. The highest BCUT2D eigenvalue weighted by molar-refractivity contribution is 5.07. The Bertz CT molecular complexity index is 485. The molecule has 0 aromatic carbocycles. The Kier molecular flexibility index (Phi) is 3.48. The molecule has 0 fully saturated rings. The topological polar surface area (TPSA) is 73.5 Å². The average Bonchev–Trinajstić information content (AvgIpc) is 2.90. The summed E-state index contributed by atoms with van der Waals surface area (Å²) < 4.78 is 3.58. The number of hydrogen-bond donors (Lipinski definition) is 1. The second-order valence-electron chi connectivity index (χ2n) is 3.91. The average molecular weight is 235 g/mol. The molecule has 0 aliphatic heterocycles. The van der Waals surface area contributed by atoms with E-state index in [1.54, 1.807) is 4.68 Å². The molecular weight excluding hydrogens is 218 g/mol. The molecule has 2 heterocycles. The fourth-order valence-electron chi connectivity index (χ4n) is 1.49. The summed E-state index contributed by atoms with van der Waals surface area (Å²) in [5.74, 6) is 0. The molecule has 0 spiro atoms. The van der Waals surface area contributed by atoms with E-state index in [1.807, 2.05) is 31.8 Å². The SMILES string of the molecule is CCn1cc(CNCc2nnn(C)c2C)nn1. The van der Waals surface area contributed by atoms with Gasteiger partial charge >= 0.3 is 0 Å². The number of rotatable bonds is 5. The molecule has 17 heavy (non-hydrogen) atoms. The molecule has 2 aromatic rings. The maximum atomic E-state index is 4.08. The van der Waals surface area contributed by atoms with Gasteiger partial charge in [0.15, 0.2) is 0 Å². The van der Waals surface area contributed by atoms with E-state index in [4.69, 9.17) is 0 Å². The summed E-state index contributed by atoms with van der Waals surface area (Å²) in [6.07, 6.45) is 1.94. The Balaban J connectivity index is 1.85. The Morgan fingerprint density at radius 3 is 2.65 bits per heavy atom. The van der Waals surface area contributed by atoms with Crippen molar-refractivity contribution in [2.45, 2.75) is 33.5 Å². The van der Waals surface area contributed by atoms with Crippen LogP contribution in [0.5, 0.6) is 0 Å². The predicted molar refractivity (Wildman–Crippen MR) is 62.0 cm³/mol. The van der Waals surface area contributed by atoms with Gasteiger partial charge in [-0.15, -0.1) is 10.2 Å². The molecule has 0 saturated heterocycles. The number of aryl methyl sites for hydroxylation is 2. The fourth-order valence-corrected chi connectivity index (χ4v) is 1.49. The van der Waals surface area contributed by atoms with Gasteiger partial charge in [0.1, 0.15) is 0 Å². The lowest BCUT2D eigenvalue weighted by molar-refractivity contribution is 0.625. The maximum Gasteiger partial charge on any atom is 0.0993 e. The number of nitrogens with zero attached hydrogens (tertiary/aromatic N) is 6. The van der Waals surface area contributed by atoms with E-state index >= 15 is 0 Å². The summed E-state index contributed by atoms with van der Waals surface area (Å²) in [6.45, 7) is 6.27. The minimum atomic E-state index is 0.690. The number of nitrogens with one attached hydrogen (secondary N) is 1. The van der Waals surface area contributed by atoms with E-state index in [1.165, 1.54) is 0 Å². The Morgan fingerprint density at radius 1 is 1.24 bits per heavy atom. The molecule has 0 unspecified atom stereocenters. The van der Waals surface area contributed by atoms with Gasteiger partial charge in [-0.1, -0.05) is 10.4 Å². The van der Waals surface area contributed by atoms with Crippen molar-refractivity contribution in [2.75, 3.05) is 0 Å². The van der Waals surface area contributed by atoms with Crippen LogP contribution in [0.25, 0.3) is 0 Å². The van der Waals surface area contributed by atoms with Gasteiger partial charge in [0.2, 0.25) is 0 Å². The monoisotopic (exact) mass is 235 g/mol. The first-order valence-corrected chi connectivity index (χ1v) is 5.65. The van der Waals surface area contributed by atoms with Crippen molar-refractivity contribution in [3.05, 3.63) is 23.3 Å². The smallest absolute Gasteiger partial charge is 0.0993 e. The second kappa shape index (κ2) is 5.05. The van der Waals surface area contributed by atoms with Crippen molar-refractivity contribution >= 4 is 0 Å². The van der Waals surface area contributed by atoms with Gasteiger partial charge in [0.05, 0.1) is 17.1 Å². The largest absolute Gasteiger partial charge is 0.305 e. The highest BCUT2D eigenvalue weighted by atomic mass is 15.4. The number of hydrogen-bond acceptors (Lipinski definition) is 5. The van der Waals surface area contributed by atoms with Crippen LogP contribution in [0, 0.1) is 6.92 Å². The van der Waals surface area contributed by atoms with Gasteiger partial charge in [-0.2, -0.15) is 0 Å². The van der Waals surface area contributed by atoms with Crippen LogP contribution in [-0.2, 0) is 26.7 Å². The third-order valence-electron chi connectivity index (χ3n) is 2.71. The first-order chi connectivity index (χ1) is 8.20. The molecule has 2 rings (SSSR count). The summed E-state index contributed by atoms with van der Waals surface area (Å²) in [5.41, 5.74) is 2.98. The van der Waals surface area contributed by atoms with E-state index in [0.29, 0.717) is 13.1 Å². The zero-order valence-electron chi connectivity index (χ0n) is 10.4. The van der Waals surface area contributed by atoms with Gasteiger partial charge in [0, 0.05) is 32.9 Å². The van der Waals surface area contributed by atoms with Gasteiger partial charge < -0.3 is 5.32 Å². The molecular formula is C10H17N7. The molecule has 7 nitrogen and oxygen atoms in total. The van der Waals surface area contributed by atoms with Crippen LogP contribution in [0.2, 0.25) is 0 Å². The molecule has 0 aliphatic carbocycles. The van der Waals surface area contributed by atoms with Crippen LogP contribution < -0.4 is 5.32 Å². The Morgan fingerprint density at radius 2 is 2.06 bits per heavy atom.